The first-order valence-corrected chi connectivity index (χ1v) is 5.30. The topological polar surface area (TPSA) is 40.6 Å². The highest BCUT2D eigenvalue weighted by atomic mass is 32.1. The van der Waals surface area contributed by atoms with Gasteiger partial charge >= 0.3 is 6.03 Å². The van der Waals surface area contributed by atoms with E-state index in [9.17, 15) is 9.59 Å². The standard InChI is InChI=1S/C9H16N2O2S/c1-4-10-7(12)8(14)11(9(10)13)5-6(2)3/h6,8,14H,4-5H2,1-3H3. The molecule has 4 nitrogen and oxygen atoms in total. The molecule has 1 rings (SSSR count). The largest absolute Gasteiger partial charge is 0.328 e. The molecule has 1 saturated heterocycles. The van der Waals surface area contributed by atoms with Crippen molar-refractivity contribution in [1.29, 1.82) is 0 Å². The predicted molar refractivity (Wildman–Crippen MR) is 57.1 cm³/mol. The van der Waals surface area contributed by atoms with E-state index in [1.807, 2.05) is 13.8 Å². The Morgan fingerprint density at radius 3 is 2.36 bits per heavy atom. The fourth-order valence-electron chi connectivity index (χ4n) is 1.49. The number of hydrogen-bond acceptors (Lipinski definition) is 3. The molecule has 0 radical (unpaired) electrons. The smallest absolute Gasteiger partial charge is 0.303 e. The Bertz CT molecular complexity index is 255. The van der Waals surface area contributed by atoms with Gasteiger partial charge in [-0.25, -0.2) is 4.79 Å². The average molecular weight is 216 g/mol. The van der Waals surface area contributed by atoms with Gasteiger partial charge in [0.25, 0.3) is 5.91 Å². The van der Waals surface area contributed by atoms with Crippen molar-refractivity contribution in [2.24, 2.45) is 5.92 Å². The van der Waals surface area contributed by atoms with Crippen LogP contribution in [-0.2, 0) is 4.79 Å². The van der Waals surface area contributed by atoms with E-state index >= 15 is 0 Å². The third-order valence-electron chi connectivity index (χ3n) is 2.14. The summed E-state index contributed by atoms with van der Waals surface area (Å²) < 4.78 is 0. The third-order valence-corrected chi connectivity index (χ3v) is 2.64. The van der Waals surface area contributed by atoms with E-state index in [4.69, 9.17) is 0 Å². The molecule has 0 aromatic carbocycles. The minimum Gasteiger partial charge on any atom is -0.303 e. The highest BCUT2D eigenvalue weighted by molar-refractivity contribution is 7.81. The molecule has 0 aliphatic carbocycles. The lowest BCUT2D eigenvalue weighted by Gasteiger charge is -2.20. The zero-order valence-corrected chi connectivity index (χ0v) is 9.62. The van der Waals surface area contributed by atoms with Crippen LogP contribution in [0.2, 0.25) is 0 Å². The molecule has 1 fully saturated rings. The van der Waals surface area contributed by atoms with E-state index in [0.717, 1.165) is 0 Å². The Morgan fingerprint density at radius 1 is 1.43 bits per heavy atom. The van der Waals surface area contributed by atoms with Crippen LogP contribution in [0.25, 0.3) is 0 Å². The first kappa shape index (κ1) is 11.4. The first-order valence-electron chi connectivity index (χ1n) is 4.79. The lowest BCUT2D eigenvalue weighted by atomic mass is 10.2. The lowest BCUT2D eigenvalue weighted by Crippen LogP contribution is -2.35. The summed E-state index contributed by atoms with van der Waals surface area (Å²) in [5.74, 6) is 0.139. The minimum absolute atomic E-state index is 0.207. The molecule has 3 amide bonds. The zero-order valence-electron chi connectivity index (χ0n) is 8.73. The summed E-state index contributed by atoms with van der Waals surface area (Å²) in [5.41, 5.74) is 0. The Hall–Kier alpha value is -0.710. The number of rotatable bonds is 3. The van der Waals surface area contributed by atoms with Crippen molar-refractivity contribution >= 4 is 24.6 Å². The van der Waals surface area contributed by atoms with Crippen molar-refractivity contribution in [3.8, 4) is 0 Å². The average Bonchev–Trinajstić information content (AvgIpc) is 2.30. The highest BCUT2D eigenvalue weighted by Crippen LogP contribution is 2.21. The molecule has 0 spiro atoms. The number of carbonyl (C=O) groups excluding carboxylic acids is 2. The van der Waals surface area contributed by atoms with Crippen molar-refractivity contribution in [3.05, 3.63) is 0 Å². The summed E-state index contributed by atoms with van der Waals surface area (Å²) in [5, 5.41) is -0.593. The van der Waals surface area contributed by atoms with Crippen LogP contribution in [0.3, 0.4) is 0 Å². The fourth-order valence-corrected chi connectivity index (χ4v) is 1.82. The van der Waals surface area contributed by atoms with Crippen LogP contribution in [0.4, 0.5) is 4.79 Å². The summed E-state index contributed by atoms with van der Waals surface area (Å²) in [7, 11) is 0. The maximum Gasteiger partial charge on any atom is 0.328 e. The maximum absolute atomic E-state index is 11.7. The second-order valence-electron chi connectivity index (χ2n) is 3.78. The maximum atomic E-state index is 11.7. The highest BCUT2D eigenvalue weighted by Gasteiger charge is 2.42. The molecule has 0 N–H and O–H groups in total. The van der Waals surface area contributed by atoms with Crippen LogP contribution in [0.15, 0.2) is 0 Å². The lowest BCUT2D eigenvalue weighted by molar-refractivity contribution is -0.126. The van der Waals surface area contributed by atoms with E-state index in [-0.39, 0.29) is 11.9 Å². The number of nitrogens with zero attached hydrogens (tertiary/aromatic N) is 2. The molecule has 0 aromatic heterocycles. The van der Waals surface area contributed by atoms with Gasteiger partial charge in [-0.05, 0) is 12.8 Å². The SMILES string of the molecule is CCN1C(=O)C(S)N(CC(C)C)C1=O. The molecule has 1 heterocycles. The number of amides is 3. The summed E-state index contributed by atoms with van der Waals surface area (Å²) in [4.78, 5) is 26.0. The van der Waals surface area contributed by atoms with Gasteiger partial charge in [0.15, 0.2) is 5.37 Å². The zero-order chi connectivity index (χ0) is 10.9. The molecule has 0 bridgehead atoms. The van der Waals surface area contributed by atoms with Gasteiger partial charge in [0.1, 0.15) is 0 Å². The van der Waals surface area contributed by atoms with Gasteiger partial charge in [-0.2, -0.15) is 0 Å². The summed E-state index contributed by atoms with van der Waals surface area (Å²) in [6.07, 6.45) is 0. The van der Waals surface area contributed by atoms with Crippen molar-refractivity contribution in [2.45, 2.75) is 26.1 Å². The molecule has 14 heavy (non-hydrogen) atoms. The van der Waals surface area contributed by atoms with E-state index in [2.05, 4.69) is 12.6 Å². The van der Waals surface area contributed by atoms with E-state index in [1.54, 1.807) is 6.92 Å². The van der Waals surface area contributed by atoms with E-state index < -0.39 is 5.37 Å². The summed E-state index contributed by atoms with van der Waals surface area (Å²) in [6, 6.07) is -0.216. The number of thiol groups is 1. The third kappa shape index (κ3) is 1.87. The molecule has 80 valence electrons. The number of imide groups is 1. The second-order valence-corrected chi connectivity index (χ2v) is 4.27. The molecular weight excluding hydrogens is 200 g/mol. The second kappa shape index (κ2) is 4.21. The van der Waals surface area contributed by atoms with Crippen molar-refractivity contribution in [1.82, 2.24) is 9.80 Å². The fraction of sp³-hybridized carbons (Fsp3) is 0.778. The van der Waals surface area contributed by atoms with Gasteiger partial charge in [0.2, 0.25) is 0 Å². The molecule has 5 heteroatoms. The van der Waals surface area contributed by atoms with E-state index in [0.29, 0.717) is 19.0 Å². The molecule has 1 aliphatic heterocycles. The van der Waals surface area contributed by atoms with Gasteiger partial charge in [-0.1, -0.05) is 13.8 Å². The molecule has 1 unspecified atom stereocenters. The van der Waals surface area contributed by atoms with Crippen LogP contribution < -0.4 is 0 Å². The molecule has 1 aliphatic rings. The van der Waals surface area contributed by atoms with Gasteiger partial charge in [-0.15, -0.1) is 12.6 Å². The van der Waals surface area contributed by atoms with Gasteiger partial charge in [0.05, 0.1) is 0 Å². The predicted octanol–water partition coefficient (Wildman–Crippen LogP) is 1.18. The van der Waals surface area contributed by atoms with Crippen molar-refractivity contribution in [2.75, 3.05) is 13.1 Å². The number of hydrogen-bond donors (Lipinski definition) is 1. The van der Waals surface area contributed by atoms with Crippen LogP contribution in [0, 0.1) is 5.92 Å². The Morgan fingerprint density at radius 2 is 2.00 bits per heavy atom. The first-order chi connectivity index (χ1) is 6.49. The van der Waals surface area contributed by atoms with Crippen molar-refractivity contribution < 1.29 is 9.59 Å². The summed E-state index contributed by atoms with van der Waals surface area (Å²) in [6.45, 7) is 6.80. The number of likely N-dealkylation sites (N-methyl/N-ethyl adjacent to an activating group) is 1. The van der Waals surface area contributed by atoms with Gasteiger partial charge < -0.3 is 4.90 Å². The molecule has 1 atom stereocenters. The number of urea groups is 1. The van der Waals surface area contributed by atoms with Crippen LogP contribution in [0.5, 0.6) is 0 Å². The van der Waals surface area contributed by atoms with Crippen LogP contribution >= 0.6 is 12.6 Å². The quantitative estimate of drug-likeness (QED) is 0.568. The molecule has 0 aromatic rings. The van der Waals surface area contributed by atoms with Gasteiger partial charge in [-0.3, -0.25) is 9.69 Å². The number of carbonyl (C=O) groups is 2. The van der Waals surface area contributed by atoms with Crippen LogP contribution in [0.1, 0.15) is 20.8 Å². The van der Waals surface area contributed by atoms with E-state index in [1.165, 1.54) is 9.80 Å². The monoisotopic (exact) mass is 216 g/mol. The molecular formula is C9H16N2O2S. The Kier molecular flexibility index (Phi) is 3.42. The Labute approximate surface area is 89.7 Å². The van der Waals surface area contributed by atoms with Crippen molar-refractivity contribution in [3.63, 3.8) is 0 Å². The normalized spacial score (nSPS) is 22.8. The minimum atomic E-state index is -0.593. The van der Waals surface area contributed by atoms with Gasteiger partial charge in [0, 0.05) is 13.1 Å². The molecule has 0 saturated carbocycles. The van der Waals surface area contributed by atoms with Crippen LogP contribution in [-0.4, -0.2) is 40.2 Å². The Balaban J connectivity index is 2.78. The summed E-state index contributed by atoms with van der Waals surface area (Å²) >= 11 is 4.14.